The second-order valence-corrected chi connectivity index (χ2v) is 17.1. The summed E-state index contributed by atoms with van der Waals surface area (Å²) in [5.41, 5.74) is 0. The van der Waals surface area contributed by atoms with Crippen molar-refractivity contribution < 1.29 is 32.9 Å². The van der Waals surface area contributed by atoms with Gasteiger partial charge in [-0.05, 0) is 48.9 Å². The van der Waals surface area contributed by atoms with Crippen LogP contribution in [0, 0.1) is 11.8 Å². The summed E-state index contributed by atoms with van der Waals surface area (Å²) in [5, 5.41) is 0.106. The Kier molecular flexibility index (Phi) is 12.3. The molecule has 0 aromatic carbocycles. The van der Waals surface area contributed by atoms with Crippen molar-refractivity contribution in [3.8, 4) is 0 Å². The van der Waals surface area contributed by atoms with E-state index in [9.17, 15) is 4.79 Å². The molecule has 40 heavy (non-hydrogen) atoms. The molecule has 2 aliphatic heterocycles. The van der Waals surface area contributed by atoms with Gasteiger partial charge in [-0.15, -0.1) is 0 Å². The van der Waals surface area contributed by atoms with Gasteiger partial charge in [-0.25, -0.2) is 0 Å². The first kappa shape index (κ1) is 32.4. The summed E-state index contributed by atoms with van der Waals surface area (Å²) >= 11 is 0. The van der Waals surface area contributed by atoms with Gasteiger partial charge in [-0.1, -0.05) is 71.3 Å². The molecule has 224 valence electrons. The topological polar surface area (TPSA) is 72.5 Å². The Balaban J connectivity index is 1.89. The van der Waals surface area contributed by atoms with E-state index in [1.165, 1.54) is 13.5 Å². The van der Waals surface area contributed by atoms with Crippen LogP contribution in [0.1, 0.15) is 66.2 Å². The van der Waals surface area contributed by atoms with Crippen molar-refractivity contribution in [2.75, 3.05) is 7.11 Å². The third-order valence-electron chi connectivity index (χ3n) is 8.35. The number of hydrogen-bond donors (Lipinski definition) is 0. The highest BCUT2D eigenvalue weighted by molar-refractivity contribution is 6.74. The van der Waals surface area contributed by atoms with Crippen LogP contribution in [0.3, 0.4) is 0 Å². The van der Waals surface area contributed by atoms with Gasteiger partial charge >= 0.3 is 5.97 Å². The minimum atomic E-state index is -2.00. The largest absolute Gasteiger partial charge is 0.469 e. The first-order chi connectivity index (χ1) is 19.0. The van der Waals surface area contributed by atoms with Gasteiger partial charge in [-0.2, -0.15) is 0 Å². The monoisotopic (exact) mass is 574 g/mol. The molecule has 0 N–H and O–H groups in total. The molecule has 2 heterocycles. The highest BCUT2D eigenvalue weighted by Crippen LogP contribution is 2.42. The molecule has 2 unspecified atom stereocenters. The summed E-state index contributed by atoms with van der Waals surface area (Å²) in [6.07, 6.45) is 22.5. The fourth-order valence-electron chi connectivity index (χ4n) is 5.03. The van der Waals surface area contributed by atoms with E-state index in [2.05, 4.69) is 52.9 Å². The van der Waals surface area contributed by atoms with E-state index >= 15 is 0 Å². The van der Waals surface area contributed by atoms with E-state index in [0.717, 1.165) is 19.3 Å². The zero-order chi connectivity index (χ0) is 29.2. The van der Waals surface area contributed by atoms with Crippen molar-refractivity contribution in [2.45, 2.75) is 115 Å². The lowest BCUT2D eigenvalue weighted by Gasteiger charge is -2.39. The quantitative estimate of drug-likeness (QED) is 0.0930. The SMILES string of the molecule is CCCCCC(/C=C/C1[C@@H](CC(=O)OC)[C@@H](O[C@@H]2C=CC=CO2)C[C@H]1O[C@@H]1C=CC=CO1)O[Si](C)(C)C(C)(C)C. The maximum absolute atomic E-state index is 12.6. The van der Waals surface area contributed by atoms with E-state index in [1.54, 1.807) is 12.5 Å². The molecule has 1 aliphatic carbocycles. The number of unbranched alkanes of at least 4 members (excludes halogenated alkanes) is 2. The van der Waals surface area contributed by atoms with E-state index in [4.69, 9.17) is 28.1 Å². The minimum absolute atomic E-state index is 0.00431. The summed E-state index contributed by atoms with van der Waals surface area (Å²) in [4.78, 5) is 12.6. The Morgan fingerprint density at radius 3 is 2.15 bits per heavy atom. The van der Waals surface area contributed by atoms with Gasteiger partial charge in [-0.3, -0.25) is 4.79 Å². The van der Waals surface area contributed by atoms with Crippen LogP contribution in [0.15, 0.2) is 61.1 Å². The van der Waals surface area contributed by atoms with Crippen molar-refractivity contribution in [1.29, 1.82) is 0 Å². The number of carbonyl (C=O) groups excluding carboxylic acids is 1. The Hall–Kier alpha value is -2.13. The molecule has 1 fully saturated rings. The van der Waals surface area contributed by atoms with Gasteiger partial charge in [0.2, 0.25) is 12.6 Å². The van der Waals surface area contributed by atoms with Crippen molar-refractivity contribution in [3.63, 3.8) is 0 Å². The van der Waals surface area contributed by atoms with Crippen LogP contribution in [0.25, 0.3) is 0 Å². The average molecular weight is 575 g/mol. The fraction of sp³-hybridized carbons (Fsp3) is 0.656. The summed E-state index contributed by atoms with van der Waals surface area (Å²) in [6.45, 7) is 13.6. The summed E-state index contributed by atoms with van der Waals surface area (Å²) in [7, 11) is -0.573. The molecule has 0 aromatic rings. The van der Waals surface area contributed by atoms with Gasteiger partial charge in [0.25, 0.3) is 0 Å². The van der Waals surface area contributed by atoms with Gasteiger partial charge in [0.15, 0.2) is 8.32 Å². The molecule has 7 nitrogen and oxygen atoms in total. The molecule has 0 saturated heterocycles. The Bertz CT molecular complexity index is 945. The van der Waals surface area contributed by atoms with Crippen molar-refractivity contribution in [2.24, 2.45) is 11.8 Å². The number of rotatable bonds is 14. The van der Waals surface area contributed by atoms with Crippen molar-refractivity contribution >= 4 is 14.3 Å². The molecule has 3 rings (SSSR count). The van der Waals surface area contributed by atoms with Gasteiger partial charge in [0, 0.05) is 18.3 Å². The zero-order valence-corrected chi connectivity index (χ0v) is 26.4. The van der Waals surface area contributed by atoms with Crippen LogP contribution < -0.4 is 0 Å². The lowest BCUT2D eigenvalue weighted by atomic mass is 9.89. The first-order valence-corrected chi connectivity index (χ1v) is 17.7. The summed E-state index contributed by atoms with van der Waals surface area (Å²) in [5.74, 6) is -0.540. The standard InChI is InChI=1S/C32H50O7Si/c1-8-9-10-15-24(39-40(6,7)32(2,3)4)18-19-25-26(22-29(33)34-5)28(38-31-17-12-14-21-36-31)23-27(25)37-30-16-11-13-20-35-30/h11-14,16-21,24-28,30-31H,8-10,15,22-23H2,1-7H3/b19-18+/t24?,25?,26-,27-,28+,30-,31-/m1/s1. The van der Waals surface area contributed by atoms with Crippen molar-refractivity contribution in [3.05, 3.63) is 61.1 Å². The van der Waals surface area contributed by atoms with Gasteiger partial charge in [0.1, 0.15) is 0 Å². The maximum Gasteiger partial charge on any atom is 0.305 e. The van der Waals surface area contributed by atoms with Crippen molar-refractivity contribution in [1.82, 2.24) is 0 Å². The number of methoxy groups -OCH3 is 1. The second kappa shape index (κ2) is 15.2. The molecule has 7 atom stereocenters. The Morgan fingerprint density at radius 2 is 1.62 bits per heavy atom. The van der Waals surface area contributed by atoms with Gasteiger partial charge < -0.3 is 28.1 Å². The van der Waals surface area contributed by atoms with E-state index in [1.807, 2.05) is 36.5 Å². The third kappa shape index (κ3) is 9.47. The minimum Gasteiger partial charge on any atom is -0.469 e. The van der Waals surface area contributed by atoms with Gasteiger partial charge in [0.05, 0.1) is 44.4 Å². The highest BCUT2D eigenvalue weighted by atomic mass is 28.4. The fourth-order valence-corrected chi connectivity index (χ4v) is 6.34. The normalized spacial score (nSPS) is 29.0. The first-order valence-electron chi connectivity index (χ1n) is 14.8. The van der Waals surface area contributed by atoms with Crippen LogP contribution in [0.4, 0.5) is 0 Å². The number of hydrogen-bond acceptors (Lipinski definition) is 7. The molecule has 1 saturated carbocycles. The molecule has 0 bridgehead atoms. The summed E-state index contributed by atoms with van der Waals surface area (Å²) < 4.78 is 36.2. The highest BCUT2D eigenvalue weighted by Gasteiger charge is 2.46. The van der Waals surface area contributed by atoms with E-state index < -0.39 is 20.9 Å². The van der Waals surface area contributed by atoms with Crippen LogP contribution in [-0.2, 0) is 32.9 Å². The molecule has 0 radical (unpaired) electrons. The Labute approximate surface area is 242 Å². The average Bonchev–Trinajstić information content (AvgIpc) is 3.22. The van der Waals surface area contributed by atoms with Crippen LogP contribution in [0.5, 0.6) is 0 Å². The molecule has 0 aromatic heterocycles. The Morgan fingerprint density at radius 1 is 1.00 bits per heavy atom. The predicted molar refractivity (Wildman–Crippen MR) is 160 cm³/mol. The number of carbonyl (C=O) groups is 1. The lowest BCUT2D eigenvalue weighted by molar-refractivity contribution is -0.149. The number of ether oxygens (including phenoxy) is 5. The lowest BCUT2D eigenvalue weighted by Crippen LogP contribution is -2.43. The smallest absolute Gasteiger partial charge is 0.305 e. The molecule has 0 spiro atoms. The zero-order valence-electron chi connectivity index (χ0n) is 25.4. The second-order valence-electron chi connectivity index (χ2n) is 12.3. The van der Waals surface area contributed by atoms with Crippen LogP contribution in [0.2, 0.25) is 18.1 Å². The van der Waals surface area contributed by atoms with Crippen LogP contribution in [-0.4, -0.2) is 52.3 Å². The van der Waals surface area contributed by atoms with E-state index in [0.29, 0.717) is 6.42 Å². The summed E-state index contributed by atoms with van der Waals surface area (Å²) in [6, 6.07) is 0. The number of allylic oxidation sites excluding steroid dienone is 4. The molecule has 8 heteroatoms. The number of esters is 1. The molecular formula is C32H50O7Si. The van der Waals surface area contributed by atoms with Crippen LogP contribution >= 0.6 is 0 Å². The predicted octanol–water partition coefficient (Wildman–Crippen LogP) is 7.34. The maximum atomic E-state index is 12.6. The molecular weight excluding hydrogens is 524 g/mol. The molecule has 0 amide bonds. The van der Waals surface area contributed by atoms with E-state index in [-0.39, 0.29) is 47.6 Å². The molecule has 3 aliphatic rings. The third-order valence-corrected chi connectivity index (χ3v) is 12.9.